The van der Waals surface area contributed by atoms with E-state index in [-0.39, 0.29) is 21.3 Å². The number of hydrogen-bond donors (Lipinski definition) is 0. The van der Waals surface area contributed by atoms with Crippen LogP contribution in [0.15, 0.2) is 0 Å². The predicted molar refractivity (Wildman–Crippen MR) is 43.0 cm³/mol. The Kier molecular flexibility index (Phi) is 30.6. The molecule has 0 aliphatic heterocycles. The zero-order valence-electron chi connectivity index (χ0n) is 3.31. The first kappa shape index (κ1) is 22.4. The van der Waals surface area contributed by atoms with Crippen molar-refractivity contribution in [3.63, 3.8) is 0 Å². The van der Waals surface area contributed by atoms with Gasteiger partial charge in [0.05, 0.1) is 0 Å². The Hall–Kier alpha value is 1.58. The monoisotopic (exact) mass is 270 g/mol. The minimum atomic E-state index is -3.11. The largest absolute Gasteiger partial charge is 0 e. The maximum absolute atomic E-state index is 6.00. The molecular formula is CH7Cl5N2Ti. The van der Waals surface area contributed by atoms with Gasteiger partial charge in [-0.2, -0.15) is 0 Å². The van der Waals surface area contributed by atoms with Crippen LogP contribution in [-0.2, 0) is 12.3 Å². The van der Waals surface area contributed by atoms with Crippen molar-refractivity contribution in [3.8, 4) is 0 Å². The summed E-state index contributed by atoms with van der Waals surface area (Å²) < 4.78 is 0. The molecule has 0 aromatic carbocycles. The van der Waals surface area contributed by atoms with Gasteiger partial charge in [-0.15, -0.1) is 12.4 Å². The summed E-state index contributed by atoms with van der Waals surface area (Å²) in [6.45, 7) is 0. The Morgan fingerprint density at radius 2 is 1.00 bits per heavy atom. The fourth-order valence-electron chi connectivity index (χ4n) is 0. The van der Waals surface area contributed by atoms with E-state index in [1.165, 1.54) is 0 Å². The van der Waals surface area contributed by atoms with Gasteiger partial charge < -0.3 is 0 Å². The second-order valence-corrected chi connectivity index (χ2v) is 15.9. The summed E-state index contributed by atoms with van der Waals surface area (Å²) in [7, 11) is 20.1. The summed E-state index contributed by atoms with van der Waals surface area (Å²) >= 11 is -3.11. The molecule has 0 fully saturated rings. The van der Waals surface area contributed by atoms with Crippen LogP contribution < -0.4 is 0 Å². The molecule has 8 heteroatoms. The van der Waals surface area contributed by atoms with Crippen molar-refractivity contribution in [2.24, 2.45) is 0 Å². The zero-order chi connectivity index (χ0) is 6.50. The van der Waals surface area contributed by atoms with Gasteiger partial charge in [0.1, 0.15) is 0 Å². The van der Waals surface area contributed by atoms with E-state index in [2.05, 4.69) is 0 Å². The summed E-state index contributed by atoms with van der Waals surface area (Å²) in [5, 5.41) is 12.0. The molecule has 0 saturated carbocycles. The van der Waals surface area contributed by atoms with Crippen molar-refractivity contribution in [1.29, 1.82) is 10.8 Å². The average molecular weight is 272 g/mol. The van der Waals surface area contributed by atoms with Gasteiger partial charge >= 0.3 is 49.6 Å². The number of hydrogen-bond acceptors (Lipinski definition) is 2. The first-order valence-corrected chi connectivity index (χ1v) is 9.55. The maximum Gasteiger partial charge on any atom is 0 e. The molecule has 0 rings (SSSR count). The van der Waals surface area contributed by atoms with E-state index in [4.69, 9.17) is 48.0 Å². The van der Waals surface area contributed by atoms with Gasteiger partial charge in [0, 0.05) is 12.2 Å². The molecule has 0 atom stereocenters. The van der Waals surface area contributed by atoms with E-state index in [1.807, 2.05) is 0 Å². The predicted octanol–water partition coefficient (Wildman–Crippen LogP) is 4.09. The Morgan fingerprint density at radius 1 is 1.00 bits per heavy atom. The van der Waals surface area contributed by atoms with Crippen LogP contribution in [-0.4, -0.2) is 0 Å². The SMILES string of the molecule is C.Cl.N#N.[Cl][Ti]([Cl])([Cl])[Cl].[HH]. The van der Waals surface area contributed by atoms with Crippen LogP contribution in [0.3, 0.4) is 0 Å². The van der Waals surface area contributed by atoms with Crippen LogP contribution >= 0.6 is 49.6 Å². The van der Waals surface area contributed by atoms with Crippen LogP contribution in [0, 0.1) is 10.8 Å². The topological polar surface area (TPSA) is 47.6 Å². The molecule has 0 aromatic rings. The van der Waals surface area contributed by atoms with E-state index in [0.29, 0.717) is 0 Å². The van der Waals surface area contributed by atoms with Crippen molar-refractivity contribution >= 4 is 49.6 Å². The van der Waals surface area contributed by atoms with Crippen LogP contribution in [0.5, 0.6) is 0 Å². The van der Waals surface area contributed by atoms with Crippen molar-refractivity contribution < 1.29 is 13.8 Å². The van der Waals surface area contributed by atoms with Crippen molar-refractivity contribution in [1.82, 2.24) is 0 Å². The third kappa shape index (κ3) is 220. The van der Waals surface area contributed by atoms with E-state index in [9.17, 15) is 0 Å². The van der Waals surface area contributed by atoms with E-state index in [1.54, 1.807) is 0 Å². The summed E-state index contributed by atoms with van der Waals surface area (Å²) in [5.74, 6) is 0. The fourth-order valence-corrected chi connectivity index (χ4v) is 0. The third-order valence-corrected chi connectivity index (χ3v) is 0. The second-order valence-electron chi connectivity index (χ2n) is 0.429. The van der Waals surface area contributed by atoms with Crippen molar-refractivity contribution in [3.05, 3.63) is 0 Å². The van der Waals surface area contributed by atoms with Crippen LogP contribution in [0.1, 0.15) is 8.85 Å². The standard InChI is InChI=1S/CH4.5ClH.N2.Ti.H2/c;;;;;;1-2;;/h1H4;5*1H;;;1H/q;;;;;;;+4;/p-4. The summed E-state index contributed by atoms with van der Waals surface area (Å²) in [6, 6.07) is 0. The van der Waals surface area contributed by atoms with Crippen molar-refractivity contribution in [2.75, 3.05) is 0 Å². The molecule has 0 aromatic heterocycles. The molecule has 0 unspecified atom stereocenters. The molecular weight excluding hydrogens is 265 g/mol. The van der Waals surface area contributed by atoms with E-state index >= 15 is 0 Å². The summed E-state index contributed by atoms with van der Waals surface area (Å²) in [4.78, 5) is 0. The van der Waals surface area contributed by atoms with Gasteiger partial charge in [0.2, 0.25) is 0 Å². The fraction of sp³-hybridized carbons (Fsp3) is 1.00. The molecule has 0 aliphatic rings. The first-order valence-electron chi connectivity index (χ1n) is 0.956. The Balaban J connectivity index is -0.0000000154. The van der Waals surface area contributed by atoms with Gasteiger partial charge in [0.15, 0.2) is 0 Å². The normalized spacial score (nSPS) is 6.89. The Labute approximate surface area is 81.0 Å². The molecule has 2 nitrogen and oxygen atoms in total. The third-order valence-electron chi connectivity index (χ3n) is 0. The molecule has 0 N–H and O–H groups in total. The quantitative estimate of drug-likeness (QED) is 0.492. The first-order chi connectivity index (χ1) is 3.00. The van der Waals surface area contributed by atoms with E-state index < -0.39 is 12.3 Å². The Bertz CT molecular complexity index is 56.4. The molecule has 0 spiro atoms. The molecule has 0 heterocycles. The molecule has 0 aliphatic carbocycles. The van der Waals surface area contributed by atoms with Gasteiger partial charge in [0.25, 0.3) is 0 Å². The zero-order valence-corrected chi connectivity index (χ0v) is 8.72. The van der Waals surface area contributed by atoms with Gasteiger partial charge in [-0.3, -0.25) is 0 Å². The minimum absolute atomic E-state index is 0. The molecule has 60 valence electrons. The minimum Gasteiger partial charge on any atom is 0 e. The van der Waals surface area contributed by atoms with Crippen LogP contribution in [0.25, 0.3) is 0 Å². The van der Waals surface area contributed by atoms with Crippen LogP contribution in [0.2, 0.25) is 0 Å². The van der Waals surface area contributed by atoms with Crippen LogP contribution in [0.4, 0.5) is 0 Å². The molecule has 0 saturated heterocycles. The van der Waals surface area contributed by atoms with Gasteiger partial charge in [-0.05, 0) is 0 Å². The summed E-state index contributed by atoms with van der Waals surface area (Å²) in [5.41, 5.74) is 0. The average Bonchev–Trinajstić information content (AvgIpc) is 1.36. The van der Waals surface area contributed by atoms with Crippen molar-refractivity contribution in [2.45, 2.75) is 7.43 Å². The smallest absolute Gasteiger partial charge is 0 e. The molecule has 0 bridgehead atoms. The second kappa shape index (κ2) is 12.3. The molecule has 0 radical (unpaired) electrons. The number of nitrogens with zero attached hydrogens (tertiary/aromatic N) is 2. The van der Waals surface area contributed by atoms with Gasteiger partial charge in [-0.25, -0.2) is 0 Å². The molecule has 0 amide bonds. The number of halogens is 5. The van der Waals surface area contributed by atoms with E-state index in [0.717, 1.165) is 0 Å². The summed E-state index contributed by atoms with van der Waals surface area (Å²) in [6.07, 6.45) is 0. The Morgan fingerprint density at radius 3 is 1.00 bits per heavy atom. The number of rotatable bonds is 0. The molecule has 9 heavy (non-hydrogen) atoms. The maximum atomic E-state index is 6.00. The van der Waals surface area contributed by atoms with Gasteiger partial charge in [-0.1, -0.05) is 7.43 Å².